The number of Topliss-reactive ketones (excluding diaryl/α,β-unsaturated/α-hetero) is 2. The molecule has 0 amide bonds. The highest BCUT2D eigenvalue weighted by atomic mass is 16.6. The van der Waals surface area contributed by atoms with Crippen LogP contribution in [-0.4, -0.2) is 29.6 Å². The Morgan fingerprint density at radius 1 is 1.23 bits per heavy atom. The molecule has 0 aliphatic carbocycles. The average molecular weight is 307 g/mol. The number of carbonyl (C=O) groups is 3. The minimum Gasteiger partial charge on any atom is -0.469 e. The topological polar surface area (TPSA) is 104 Å². The highest BCUT2D eigenvalue weighted by Gasteiger charge is 2.30. The third kappa shape index (κ3) is 4.76. The van der Waals surface area contributed by atoms with Crippen LogP contribution < -0.4 is 0 Å². The van der Waals surface area contributed by atoms with Crippen LogP contribution in [-0.2, 0) is 19.1 Å². The maximum Gasteiger partial charge on any atom is 0.313 e. The Morgan fingerprint density at radius 3 is 2.41 bits per heavy atom. The lowest BCUT2D eigenvalue weighted by molar-refractivity contribution is -0.385. The van der Waals surface area contributed by atoms with Crippen LogP contribution in [0.2, 0.25) is 0 Å². The van der Waals surface area contributed by atoms with E-state index >= 15 is 0 Å². The second-order valence-electron chi connectivity index (χ2n) is 4.84. The number of nitro benzene ring substituents is 1. The molecule has 0 aliphatic heterocycles. The maximum atomic E-state index is 11.9. The first kappa shape index (κ1) is 17.5. The minimum atomic E-state index is -1.05. The molecule has 1 atom stereocenters. The summed E-state index contributed by atoms with van der Waals surface area (Å²) in [6.07, 6.45) is -0.141. The Labute approximate surface area is 127 Å². The first-order chi connectivity index (χ1) is 10.4. The molecule has 0 saturated carbocycles. The summed E-state index contributed by atoms with van der Waals surface area (Å²) in [5.74, 6) is -2.21. The average Bonchev–Trinajstić information content (AvgIpc) is 2.49. The summed E-state index contributed by atoms with van der Waals surface area (Å²) in [6.45, 7) is 1.37. The fraction of sp³-hybridized carbons (Fsp3) is 0.400. The van der Waals surface area contributed by atoms with Gasteiger partial charge in [-0.05, 0) is 6.92 Å². The van der Waals surface area contributed by atoms with Crippen LogP contribution in [0, 0.1) is 10.1 Å². The molecule has 22 heavy (non-hydrogen) atoms. The number of methoxy groups -OCH3 is 1. The second kappa shape index (κ2) is 8.02. The summed E-state index contributed by atoms with van der Waals surface area (Å²) in [5, 5.41) is 11.1. The van der Waals surface area contributed by atoms with Gasteiger partial charge in [0.25, 0.3) is 5.69 Å². The Bertz CT molecular complexity index is 595. The zero-order valence-corrected chi connectivity index (χ0v) is 12.4. The lowest BCUT2D eigenvalue weighted by Gasteiger charge is -2.14. The fourth-order valence-corrected chi connectivity index (χ4v) is 2.06. The number of nitrogens with zero attached hydrogens (tertiary/aromatic N) is 1. The van der Waals surface area contributed by atoms with Crippen LogP contribution in [0.25, 0.3) is 0 Å². The van der Waals surface area contributed by atoms with Crippen molar-refractivity contribution in [3.8, 4) is 0 Å². The molecule has 0 aliphatic rings. The van der Waals surface area contributed by atoms with E-state index < -0.39 is 16.8 Å². The number of hydrogen-bond acceptors (Lipinski definition) is 6. The van der Waals surface area contributed by atoms with Crippen LogP contribution in [0.3, 0.4) is 0 Å². The summed E-state index contributed by atoms with van der Waals surface area (Å²) in [4.78, 5) is 45.2. The van der Waals surface area contributed by atoms with Gasteiger partial charge in [-0.1, -0.05) is 18.2 Å². The van der Waals surface area contributed by atoms with E-state index in [9.17, 15) is 24.5 Å². The SMILES string of the molecule is COC(=O)C(CC(=O)CCC(C)=O)c1ccccc1[N+](=O)[O-]. The number of benzene rings is 1. The number of hydrogen-bond donors (Lipinski definition) is 0. The standard InChI is InChI=1S/C15H17NO6/c1-10(17)7-8-11(18)9-13(15(19)22-2)12-5-3-4-6-14(12)16(20)21/h3-6,13H,7-9H2,1-2H3. The van der Waals surface area contributed by atoms with Gasteiger partial charge >= 0.3 is 5.97 Å². The largest absolute Gasteiger partial charge is 0.469 e. The fourth-order valence-electron chi connectivity index (χ4n) is 2.06. The van der Waals surface area contributed by atoms with Crippen molar-refractivity contribution in [3.63, 3.8) is 0 Å². The monoisotopic (exact) mass is 307 g/mol. The molecule has 1 aromatic rings. The molecule has 0 bridgehead atoms. The summed E-state index contributed by atoms with van der Waals surface area (Å²) in [5.41, 5.74) is -0.104. The van der Waals surface area contributed by atoms with E-state index in [1.54, 1.807) is 6.07 Å². The molecule has 0 aromatic heterocycles. The Morgan fingerprint density at radius 2 is 1.86 bits per heavy atom. The predicted octanol–water partition coefficient (Wildman–Crippen LogP) is 2.18. The number of carbonyl (C=O) groups excluding carboxylic acids is 3. The molecule has 0 spiro atoms. The summed E-state index contributed by atoms with van der Waals surface area (Å²) >= 11 is 0. The molecule has 0 heterocycles. The van der Waals surface area contributed by atoms with E-state index in [-0.39, 0.29) is 42.1 Å². The molecule has 118 valence electrons. The second-order valence-corrected chi connectivity index (χ2v) is 4.84. The Balaban J connectivity index is 3.04. The van der Waals surface area contributed by atoms with Gasteiger partial charge in [-0.25, -0.2) is 0 Å². The highest BCUT2D eigenvalue weighted by Crippen LogP contribution is 2.30. The van der Waals surface area contributed by atoms with Crippen molar-refractivity contribution >= 4 is 23.2 Å². The van der Waals surface area contributed by atoms with E-state index in [0.29, 0.717) is 0 Å². The normalized spacial score (nSPS) is 11.5. The van der Waals surface area contributed by atoms with Gasteiger partial charge in [-0.3, -0.25) is 19.7 Å². The van der Waals surface area contributed by atoms with Crippen molar-refractivity contribution in [2.75, 3.05) is 7.11 Å². The molecular weight excluding hydrogens is 290 g/mol. The van der Waals surface area contributed by atoms with Crippen molar-refractivity contribution in [1.82, 2.24) is 0 Å². The highest BCUT2D eigenvalue weighted by molar-refractivity contribution is 5.90. The zero-order valence-electron chi connectivity index (χ0n) is 12.4. The quantitative estimate of drug-likeness (QED) is 0.414. The first-order valence-electron chi connectivity index (χ1n) is 6.69. The van der Waals surface area contributed by atoms with E-state index in [4.69, 9.17) is 0 Å². The number of ether oxygens (including phenoxy) is 1. The van der Waals surface area contributed by atoms with Gasteiger partial charge in [-0.2, -0.15) is 0 Å². The van der Waals surface area contributed by atoms with Crippen LogP contribution in [0.4, 0.5) is 5.69 Å². The number of rotatable bonds is 8. The maximum absolute atomic E-state index is 11.9. The van der Waals surface area contributed by atoms with E-state index in [1.807, 2.05) is 0 Å². The van der Waals surface area contributed by atoms with Gasteiger partial charge in [0.05, 0.1) is 18.0 Å². The van der Waals surface area contributed by atoms with Gasteiger partial charge in [-0.15, -0.1) is 0 Å². The molecule has 1 aromatic carbocycles. The summed E-state index contributed by atoms with van der Waals surface area (Å²) in [7, 11) is 1.16. The molecule has 0 saturated heterocycles. The summed E-state index contributed by atoms with van der Waals surface area (Å²) < 4.78 is 4.65. The van der Waals surface area contributed by atoms with Gasteiger partial charge in [0, 0.05) is 30.9 Å². The van der Waals surface area contributed by atoms with Crippen molar-refractivity contribution in [3.05, 3.63) is 39.9 Å². The first-order valence-corrected chi connectivity index (χ1v) is 6.69. The predicted molar refractivity (Wildman–Crippen MR) is 77.4 cm³/mol. The zero-order chi connectivity index (χ0) is 16.7. The number of ketones is 2. The molecule has 1 unspecified atom stereocenters. The van der Waals surface area contributed by atoms with E-state index in [0.717, 1.165) is 7.11 Å². The van der Waals surface area contributed by atoms with Crippen molar-refractivity contribution in [1.29, 1.82) is 0 Å². The molecule has 0 radical (unpaired) electrons. The lowest BCUT2D eigenvalue weighted by atomic mass is 9.91. The van der Waals surface area contributed by atoms with Gasteiger partial charge in [0.2, 0.25) is 0 Å². The van der Waals surface area contributed by atoms with Crippen LogP contribution >= 0.6 is 0 Å². The van der Waals surface area contributed by atoms with Crippen LogP contribution in [0.5, 0.6) is 0 Å². The van der Waals surface area contributed by atoms with Gasteiger partial charge in [0.15, 0.2) is 0 Å². The number of esters is 1. The van der Waals surface area contributed by atoms with Crippen LogP contribution in [0.15, 0.2) is 24.3 Å². The smallest absolute Gasteiger partial charge is 0.313 e. The Kier molecular flexibility index (Phi) is 6.37. The van der Waals surface area contributed by atoms with E-state index in [2.05, 4.69) is 4.74 Å². The van der Waals surface area contributed by atoms with Gasteiger partial charge in [0.1, 0.15) is 11.6 Å². The third-order valence-electron chi connectivity index (χ3n) is 3.18. The number of para-hydroxylation sites is 1. The molecule has 1 rings (SSSR count). The molecule has 0 N–H and O–H groups in total. The summed E-state index contributed by atoms with van der Waals surface area (Å²) in [6, 6.07) is 5.73. The number of nitro groups is 1. The minimum absolute atomic E-state index is 0.00343. The molecule has 7 heteroatoms. The van der Waals surface area contributed by atoms with Crippen molar-refractivity contribution in [2.45, 2.75) is 32.1 Å². The third-order valence-corrected chi connectivity index (χ3v) is 3.18. The lowest BCUT2D eigenvalue weighted by Crippen LogP contribution is -2.19. The van der Waals surface area contributed by atoms with Gasteiger partial charge < -0.3 is 9.53 Å². The molecular formula is C15H17NO6. The van der Waals surface area contributed by atoms with E-state index in [1.165, 1.54) is 25.1 Å². The Hall–Kier alpha value is -2.57. The van der Waals surface area contributed by atoms with Crippen molar-refractivity contribution < 1.29 is 24.0 Å². The molecule has 7 nitrogen and oxygen atoms in total. The van der Waals surface area contributed by atoms with Crippen molar-refractivity contribution in [2.24, 2.45) is 0 Å². The van der Waals surface area contributed by atoms with Crippen LogP contribution in [0.1, 0.15) is 37.7 Å². The molecule has 0 fully saturated rings.